The van der Waals surface area contributed by atoms with Gasteiger partial charge in [-0.1, -0.05) is 24.3 Å². The minimum Gasteiger partial charge on any atom is -0.489 e. The third kappa shape index (κ3) is 6.24. The van der Waals surface area contributed by atoms with Crippen molar-refractivity contribution in [2.45, 2.75) is 19.6 Å². The highest BCUT2D eigenvalue weighted by molar-refractivity contribution is 5.89. The second-order valence-electron chi connectivity index (χ2n) is 6.80. The van der Waals surface area contributed by atoms with Crippen LogP contribution in [0.25, 0.3) is 0 Å². The van der Waals surface area contributed by atoms with E-state index in [1.807, 2.05) is 67.7 Å². The van der Waals surface area contributed by atoms with Crippen LogP contribution in [0, 0.1) is 0 Å². The van der Waals surface area contributed by atoms with Gasteiger partial charge < -0.3 is 20.3 Å². The molecule has 0 bridgehead atoms. The Kier molecular flexibility index (Phi) is 7.05. The number of carbonyl (C=O) groups excluding carboxylic acids is 1. The maximum atomic E-state index is 12.3. The molecule has 0 spiro atoms. The second kappa shape index (κ2) is 10.1. The number of hydrogen-bond donors (Lipinski definition) is 2. The number of rotatable bonds is 8. The van der Waals surface area contributed by atoms with Gasteiger partial charge >= 0.3 is 6.03 Å². The van der Waals surface area contributed by atoms with Crippen molar-refractivity contribution in [1.82, 2.24) is 10.3 Å². The SMILES string of the molecule is C[C@H](CNC(=O)Nc1cccc(OCc2ccncc2)c1)N(C)c1ccccc1. The topological polar surface area (TPSA) is 66.5 Å². The number of amides is 2. The molecule has 6 heteroatoms. The molecule has 0 fully saturated rings. The quantitative estimate of drug-likeness (QED) is 0.602. The van der Waals surface area contributed by atoms with Crippen molar-refractivity contribution < 1.29 is 9.53 Å². The van der Waals surface area contributed by atoms with Gasteiger partial charge in [0.1, 0.15) is 12.4 Å². The Morgan fingerprint density at radius 1 is 1.07 bits per heavy atom. The summed E-state index contributed by atoms with van der Waals surface area (Å²) in [6.07, 6.45) is 3.47. The average Bonchev–Trinajstić information content (AvgIpc) is 2.77. The molecule has 0 aliphatic carbocycles. The molecule has 3 aromatic rings. The fourth-order valence-electron chi connectivity index (χ4n) is 2.78. The number of para-hydroxylation sites is 1. The number of likely N-dealkylation sites (N-methyl/N-ethyl adjacent to an activating group) is 1. The zero-order chi connectivity index (χ0) is 20.5. The lowest BCUT2D eigenvalue weighted by molar-refractivity contribution is 0.251. The van der Waals surface area contributed by atoms with E-state index in [-0.39, 0.29) is 12.1 Å². The van der Waals surface area contributed by atoms with Crippen LogP contribution in [0.15, 0.2) is 79.1 Å². The Labute approximate surface area is 171 Å². The standard InChI is InChI=1S/C23H26N4O2/c1-18(27(2)21-8-4-3-5-9-21)16-25-23(28)26-20-7-6-10-22(15-20)29-17-19-11-13-24-14-12-19/h3-15,18H,16-17H2,1-2H3,(H2,25,26,28)/t18-/m1/s1. The van der Waals surface area contributed by atoms with Crippen LogP contribution in [0.1, 0.15) is 12.5 Å². The summed E-state index contributed by atoms with van der Waals surface area (Å²) >= 11 is 0. The molecule has 2 aromatic carbocycles. The van der Waals surface area contributed by atoms with Gasteiger partial charge in [-0.05, 0) is 48.9 Å². The van der Waals surface area contributed by atoms with E-state index in [1.54, 1.807) is 18.5 Å². The summed E-state index contributed by atoms with van der Waals surface area (Å²) in [7, 11) is 2.02. The third-order valence-corrected chi connectivity index (χ3v) is 4.63. The lowest BCUT2D eigenvalue weighted by atomic mass is 10.2. The molecule has 6 nitrogen and oxygen atoms in total. The molecular formula is C23H26N4O2. The lowest BCUT2D eigenvalue weighted by Crippen LogP contribution is -2.41. The molecule has 150 valence electrons. The molecule has 2 N–H and O–H groups in total. The van der Waals surface area contributed by atoms with E-state index in [4.69, 9.17) is 4.74 Å². The molecule has 0 unspecified atom stereocenters. The van der Waals surface area contributed by atoms with Gasteiger partial charge in [0.2, 0.25) is 0 Å². The zero-order valence-electron chi connectivity index (χ0n) is 16.7. The first kappa shape index (κ1) is 20.2. The third-order valence-electron chi connectivity index (χ3n) is 4.63. The number of hydrogen-bond acceptors (Lipinski definition) is 4. The summed E-state index contributed by atoms with van der Waals surface area (Å²) in [5.41, 5.74) is 2.83. The van der Waals surface area contributed by atoms with Crippen molar-refractivity contribution in [2.24, 2.45) is 0 Å². The van der Waals surface area contributed by atoms with Crippen LogP contribution in [0.5, 0.6) is 5.75 Å². The van der Waals surface area contributed by atoms with Crippen molar-refractivity contribution in [2.75, 3.05) is 23.8 Å². The highest BCUT2D eigenvalue weighted by Gasteiger charge is 2.11. The summed E-state index contributed by atoms with van der Waals surface area (Å²) < 4.78 is 5.79. The van der Waals surface area contributed by atoms with Gasteiger partial charge in [-0.15, -0.1) is 0 Å². The molecule has 0 saturated heterocycles. The number of nitrogens with zero attached hydrogens (tertiary/aromatic N) is 2. The van der Waals surface area contributed by atoms with Crippen molar-refractivity contribution in [1.29, 1.82) is 0 Å². The number of nitrogens with one attached hydrogen (secondary N) is 2. The number of ether oxygens (including phenoxy) is 1. The van der Waals surface area contributed by atoms with Crippen molar-refractivity contribution in [3.8, 4) is 5.75 Å². The zero-order valence-corrected chi connectivity index (χ0v) is 16.7. The van der Waals surface area contributed by atoms with E-state index >= 15 is 0 Å². The average molecular weight is 390 g/mol. The van der Waals surface area contributed by atoms with Gasteiger partial charge in [-0.3, -0.25) is 4.98 Å². The van der Waals surface area contributed by atoms with Crippen molar-refractivity contribution >= 4 is 17.4 Å². The highest BCUT2D eigenvalue weighted by atomic mass is 16.5. The normalized spacial score (nSPS) is 11.4. The van der Waals surface area contributed by atoms with Crippen molar-refractivity contribution in [3.05, 3.63) is 84.7 Å². The molecule has 1 atom stereocenters. The van der Waals surface area contributed by atoms with Crippen LogP contribution in [-0.2, 0) is 6.61 Å². The highest BCUT2D eigenvalue weighted by Crippen LogP contribution is 2.18. The number of benzene rings is 2. The lowest BCUT2D eigenvalue weighted by Gasteiger charge is -2.27. The van der Waals surface area contributed by atoms with Gasteiger partial charge in [-0.2, -0.15) is 0 Å². The molecule has 0 aliphatic heterocycles. The number of urea groups is 1. The molecule has 3 rings (SSSR count). The van der Waals surface area contributed by atoms with E-state index in [9.17, 15) is 4.79 Å². The molecule has 0 radical (unpaired) electrons. The number of pyridine rings is 1. The first-order valence-corrected chi connectivity index (χ1v) is 9.56. The fourth-order valence-corrected chi connectivity index (χ4v) is 2.78. The van der Waals surface area contributed by atoms with Gasteiger partial charge in [0.15, 0.2) is 0 Å². The number of aromatic nitrogens is 1. The van der Waals surface area contributed by atoms with Gasteiger partial charge in [0.05, 0.1) is 0 Å². The largest absolute Gasteiger partial charge is 0.489 e. The van der Waals surface area contributed by atoms with Crippen LogP contribution in [0.2, 0.25) is 0 Å². The van der Waals surface area contributed by atoms with E-state index in [0.29, 0.717) is 24.6 Å². The molecule has 0 saturated carbocycles. The Bertz CT molecular complexity index is 903. The van der Waals surface area contributed by atoms with E-state index in [1.165, 1.54) is 0 Å². The van der Waals surface area contributed by atoms with Crippen molar-refractivity contribution in [3.63, 3.8) is 0 Å². The summed E-state index contributed by atoms with van der Waals surface area (Å²) in [5.74, 6) is 0.691. The molecule has 2 amide bonds. The molecule has 29 heavy (non-hydrogen) atoms. The predicted molar refractivity (Wildman–Crippen MR) is 116 cm³/mol. The van der Waals surface area contributed by atoms with Gasteiger partial charge in [-0.25, -0.2) is 4.79 Å². The van der Waals surface area contributed by atoms with E-state index in [2.05, 4.69) is 27.4 Å². The fraction of sp³-hybridized carbons (Fsp3) is 0.217. The van der Waals surface area contributed by atoms with Gasteiger partial charge in [0, 0.05) is 49.5 Å². The summed E-state index contributed by atoms with van der Waals surface area (Å²) in [4.78, 5) is 18.4. The smallest absolute Gasteiger partial charge is 0.319 e. The predicted octanol–water partition coefficient (Wildman–Crippen LogP) is 4.31. The first-order chi connectivity index (χ1) is 14.1. The number of anilines is 2. The molecule has 1 aromatic heterocycles. The Balaban J connectivity index is 1.47. The summed E-state index contributed by atoms with van der Waals surface area (Å²) in [6, 6.07) is 21.2. The Morgan fingerprint density at radius 2 is 1.83 bits per heavy atom. The Morgan fingerprint density at radius 3 is 2.59 bits per heavy atom. The molecule has 0 aliphatic rings. The van der Waals surface area contributed by atoms with E-state index < -0.39 is 0 Å². The van der Waals surface area contributed by atoms with Crippen LogP contribution in [0.3, 0.4) is 0 Å². The Hall–Kier alpha value is -3.54. The van der Waals surface area contributed by atoms with Crippen LogP contribution >= 0.6 is 0 Å². The summed E-state index contributed by atoms with van der Waals surface area (Å²) in [6.45, 7) is 3.04. The minimum absolute atomic E-state index is 0.151. The molecule has 1 heterocycles. The molecular weight excluding hydrogens is 364 g/mol. The minimum atomic E-state index is -0.246. The first-order valence-electron chi connectivity index (χ1n) is 9.56. The van der Waals surface area contributed by atoms with E-state index in [0.717, 1.165) is 11.3 Å². The maximum Gasteiger partial charge on any atom is 0.319 e. The monoisotopic (exact) mass is 390 g/mol. The van der Waals surface area contributed by atoms with Gasteiger partial charge in [0.25, 0.3) is 0 Å². The second-order valence-corrected chi connectivity index (χ2v) is 6.80. The maximum absolute atomic E-state index is 12.3. The summed E-state index contributed by atoms with van der Waals surface area (Å²) in [5, 5.41) is 5.78. The number of carbonyl (C=O) groups is 1. The van der Waals surface area contributed by atoms with Crippen LogP contribution < -0.4 is 20.3 Å². The van der Waals surface area contributed by atoms with Crippen LogP contribution in [0.4, 0.5) is 16.2 Å². The van der Waals surface area contributed by atoms with Crippen LogP contribution in [-0.4, -0.2) is 30.6 Å².